The zero-order chi connectivity index (χ0) is 19.3. The number of benzene rings is 1. The van der Waals surface area contributed by atoms with Crippen LogP contribution in [0.5, 0.6) is 5.75 Å². The fraction of sp³-hybridized carbons (Fsp3) is 0.368. The highest BCUT2D eigenvalue weighted by molar-refractivity contribution is 7.81. The van der Waals surface area contributed by atoms with Gasteiger partial charge in [0.25, 0.3) is 0 Å². The second-order valence-electron chi connectivity index (χ2n) is 6.71. The van der Waals surface area contributed by atoms with Crippen LogP contribution in [0, 0.1) is 11.8 Å². The van der Waals surface area contributed by atoms with Crippen LogP contribution in [0.1, 0.15) is 31.2 Å². The molecule has 1 amide bonds. The highest BCUT2D eigenvalue weighted by atomic mass is 32.3. The molecule has 0 aliphatic heterocycles. The van der Waals surface area contributed by atoms with Gasteiger partial charge in [-0.3, -0.25) is 9.78 Å². The standard InChI is InChI=1S/C19H21FN2O4S/c20-27(24,25)26-17-9-7-16(8-10-17)22-19(23)18(15-5-1-2-6-15)12-14-4-3-11-21-13-14/h3-4,7-11,13,15,18H,1-2,5-6,12H2,(H,22,23). The van der Waals surface area contributed by atoms with E-state index in [1.165, 1.54) is 24.3 Å². The molecule has 1 aromatic carbocycles. The van der Waals surface area contributed by atoms with Crippen molar-refractivity contribution < 1.29 is 21.3 Å². The maximum absolute atomic E-state index is 12.9. The molecule has 1 aliphatic rings. The first-order chi connectivity index (χ1) is 12.9. The van der Waals surface area contributed by atoms with E-state index < -0.39 is 10.5 Å². The first-order valence-corrected chi connectivity index (χ1v) is 10.2. The molecule has 0 bridgehead atoms. The maximum Gasteiger partial charge on any atom is 0.488 e. The molecule has 1 unspecified atom stereocenters. The second-order valence-corrected chi connectivity index (χ2v) is 7.66. The Bertz CT molecular complexity index is 866. The Labute approximate surface area is 158 Å². The van der Waals surface area contributed by atoms with Gasteiger partial charge in [-0.1, -0.05) is 22.8 Å². The Morgan fingerprint density at radius 1 is 1.22 bits per heavy atom. The SMILES string of the molecule is O=C(Nc1ccc(OS(=O)(=O)F)cc1)C(Cc1cccnc1)C1CCCC1. The van der Waals surface area contributed by atoms with E-state index in [0.29, 0.717) is 18.0 Å². The first kappa shape index (κ1) is 19.3. The molecule has 27 heavy (non-hydrogen) atoms. The minimum absolute atomic E-state index is 0.0856. The van der Waals surface area contributed by atoms with E-state index in [2.05, 4.69) is 14.5 Å². The molecule has 3 rings (SSSR count). The number of carbonyl (C=O) groups excluding carboxylic acids is 1. The minimum Gasteiger partial charge on any atom is -0.358 e. The van der Waals surface area contributed by atoms with Crippen molar-refractivity contribution in [2.75, 3.05) is 5.32 Å². The number of carbonyl (C=O) groups is 1. The van der Waals surface area contributed by atoms with E-state index in [4.69, 9.17) is 0 Å². The van der Waals surface area contributed by atoms with Crippen molar-refractivity contribution in [3.8, 4) is 5.75 Å². The van der Waals surface area contributed by atoms with Gasteiger partial charge in [0.05, 0.1) is 0 Å². The Morgan fingerprint density at radius 3 is 2.52 bits per heavy atom. The van der Waals surface area contributed by atoms with Crippen LogP contribution in [-0.2, 0) is 21.7 Å². The Balaban J connectivity index is 1.70. The predicted octanol–water partition coefficient (Wildman–Crippen LogP) is 3.66. The van der Waals surface area contributed by atoms with Gasteiger partial charge in [0.2, 0.25) is 5.91 Å². The molecule has 2 aromatic rings. The van der Waals surface area contributed by atoms with Gasteiger partial charge in [0, 0.05) is 24.0 Å². The lowest BCUT2D eigenvalue weighted by Gasteiger charge is -2.23. The Kier molecular flexibility index (Phi) is 6.05. The summed E-state index contributed by atoms with van der Waals surface area (Å²) >= 11 is 0. The van der Waals surface area contributed by atoms with Gasteiger partial charge in [0.15, 0.2) is 0 Å². The molecule has 1 N–H and O–H groups in total. The van der Waals surface area contributed by atoms with Crippen LogP contribution >= 0.6 is 0 Å². The summed E-state index contributed by atoms with van der Waals surface area (Å²) in [7, 11) is -5.07. The summed E-state index contributed by atoms with van der Waals surface area (Å²) in [4.78, 5) is 17.0. The highest BCUT2D eigenvalue weighted by Gasteiger charge is 2.31. The van der Waals surface area contributed by atoms with Crippen molar-refractivity contribution in [3.63, 3.8) is 0 Å². The lowest BCUT2D eigenvalue weighted by atomic mass is 9.85. The van der Waals surface area contributed by atoms with E-state index in [1.807, 2.05) is 12.1 Å². The van der Waals surface area contributed by atoms with Crippen LogP contribution in [0.4, 0.5) is 9.57 Å². The van der Waals surface area contributed by atoms with E-state index in [1.54, 1.807) is 12.4 Å². The lowest BCUT2D eigenvalue weighted by Crippen LogP contribution is -2.30. The summed E-state index contributed by atoms with van der Waals surface area (Å²) in [5, 5.41) is 2.87. The molecule has 0 saturated heterocycles. The molecule has 1 saturated carbocycles. The van der Waals surface area contributed by atoms with Gasteiger partial charge in [-0.15, -0.1) is 0 Å². The number of hydrogen-bond donors (Lipinski definition) is 1. The van der Waals surface area contributed by atoms with Crippen LogP contribution in [0.2, 0.25) is 0 Å². The lowest BCUT2D eigenvalue weighted by molar-refractivity contribution is -0.121. The minimum atomic E-state index is -5.07. The molecular weight excluding hydrogens is 371 g/mol. The van der Waals surface area contributed by atoms with Crippen molar-refractivity contribution in [3.05, 3.63) is 54.4 Å². The summed E-state index contributed by atoms with van der Waals surface area (Å²) in [6, 6.07) is 9.36. The topological polar surface area (TPSA) is 85.4 Å². The third kappa shape index (κ3) is 5.75. The first-order valence-electron chi connectivity index (χ1n) is 8.84. The molecule has 1 heterocycles. The van der Waals surface area contributed by atoms with E-state index in [-0.39, 0.29) is 17.6 Å². The summed E-state index contributed by atoms with van der Waals surface area (Å²) in [5.41, 5.74) is 1.51. The smallest absolute Gasteiger partial charge is 0.358 e. The molecule has 0 spiro atoms. The van der Waals surface area contributed by atoms with Crippen LogP contribution < -0.4 is 9.50 Å². The Hall–Kier alpha value is -2.48. The molecule has 1 aromatic heterocycles. The number of nitrogens with zero attached hydrogens (tertiary/aromatic N) is 1. The normalized spacial score (nSPS) is 16.0. The number of rotatable bonds is 7. The van der Waals surface area contributed by atoms with Crippen LogP contribution in [-0.4, -0.2) is 19.3 Å². The van der Waals surface area contributed by atoms with Crippen molar-refractivity contribution in [2.24, 2.45) is 11.8 Å². The summed E-state index contributed by atoms with van der Waals surface area (Å²) in [6.07, 6.45) is 8.41. The number of aromatic nitrogens is 1. The molecule has 1 atom stereocenters. The summed E-state index contributed by atoms with van der Waals surface area (Å²) in [5.74, 6) is -0.0842. The maximum atomic E-state index is 12.9. The molecule has 1 aliphatic carbocycles. The van der Waals surface area contributed by atoms with Crippen molar-refractivity contribution in [1.82, 2.24) is 4.98 Å². The molecule has 144 valence electrons. The number of pyridine rings is 1. The van der Waals surface area contributed by atoms with Gasteiger partial charge >= 0.3 is 10.5 Å². The molecule has 0 radical (unpaired) electrons. The monoisotopic (exact) mass is 392 g/mol. The van der Waals surface area contributed by atoms with Gasteiger partial charge in [-0.25, -0.2) is 0 Å². The Morgan fingerprint density at radius 2 is 1.93 bits per heavy atom. The zero-order valence-corrected chi connectivity index (χ0v) is 15.5. The van der Waals surface area contributed by atoms with E-state index in [0.717, 1.165) is 31.2 Å². The fourth-order valence-corrected chi connectivity index (χ4v) is 3.89. The van der Waals surface area contributed by atoms with Gasteiger partial charge in [-0.05, 0) is 61.1 Å². The van der Waals surface area contributed by atoms with E-state index in [9.17, 15) is 17.1 Å². The fourth-order valence-electron chi connectivity index (χ4n) is 3.55. The van der Waals surface area contributed by atoms with Gasteiger partial charge in [-0.2, -0.15) is 8.42 Å². The largest absolute Gasteiger partial charge is 0.488 e. The average Bonchev–Trinajstić information content (AvgIpc) is 3.15. The number of halogens is 1. The third-order valence-electron chi connectivity index (χ3n) is 4.80. The average molecular weight is 392 g/mol. The zero-order valence-electron chi connectivity index (χ0n) is 14.7. The number of amides is 1. The number of hydrogen-bond acceptors (Lipinski definition) is 5. The highest BCUT2D eigenvalue weighted by Crippen LogP contribution is 2.34. The second kappa shape index (κ2) is 8.47. The van der Waals surface area contributed by atoms with Gasteiger partial charge < -0.3 is 9.50 Å². The van der Waals surface area contributed by atoms with Crippen molar-refractivity contribution in [2.45, 2.75) is 32.1 Å². The molecule has 8 heteroatoms. The third-order valence-corrected chi connectivity index (χ3v) is 5.19. The van der Waals surface area contributed by atoms with Crippen LogP contribution in [0.15, 0.2) is 48.8 Å². The van der Waals surface area contributed by atoms with Crippen molar-refractivity contribution in [1.29, 1.82) is 0 Å². The quantitative estimate of drug-likeness (QED) is 0.727. The molecule has 6 nitrogen and oxygen atoms in total. The number of anilines is 1. The summed E-state index contributed by atoms with van der Waals surface area (Å²) < 4.78 is 37.7. The number of nitrogens with one attached hydrogen (secondary N) is 1. The van der Waals surface area contributed by atoms with Crippen molar-refractivity contribution >= 4 is 22.1 Å². The van der Waals surface area contributed by atoms with Crippen LogP contribution in [0.25, 0.3) is 0 Å². The van der Waals surface area contributed by atoms with Gasteiger partial charge in [0.1, 0.15) is 5.75 Å². The van der Waals surface area contributed by atoms with Crippen LogP contribution in [0.3, 0.4) is 0 Å². The predicted molar refractivity (Wildman–Crippen MR) is 99.1 cm³/mol. The molecule has 1 fully saturated rings. The molecular formula is C19H21FN2O4S. The summed E-state index contributed by atoms with van der Waals surface area (Å²) in [6.45, 7) is 0. The van der Waals surface area contributed by atoms with E-state index >= 15 is 0 Å².